The number of nitrogens with one attached hydrogen (secondary N) is 1. The Balaban J connectivity index is 1.80. The van der Waals surface area contributed by atoms with Crippen molar-refractivity contribution in [2.24, 2.45) is 5.92 Å². The lowest BCUT2D eigenvalue weighted by Gasteiger charge is -2.09. The largest absolute Gasteiger partial charge is 0.469 e. The van der Waals surface area contributed by atoms with E-state index in [0.29, 0.717) is 12.3 Å². The van der Waals surface area contributed by atoms with Crippen molar-refractivity contribution in [2.75, 3.05) is 7.11 Å². The van der Waals surface area contributed by atoms with E-state index in [1.807, 2.05) is 6.07 Å². The SMILES string of the molecule is COC(=O)CCc1cccc(CNCc2ccc(CC(C)C)cc2)c1. The zero-order valence-electron chi connectivity index (χ0n) is 15.5. The van der Waals surface area contributed by atoms with E-state index in [9.17, 15) is 4.79 Å². The Kier molecular flexibility index (Phi) is 7.68. The standard InChI is InChI=1S/C22H29NO2/c1-17(2)13-19-7-9-20(10-8-19)15-23-16-21-6-4-5-18(14-21)11-12-22(24)25-3/h4-10,14,17,23H,11-13,15-16H2,1-3H3. The van der Waals surface area contributed by atoms with Gasteiger partial charge < -0.3 is 10.1 Å². The molecule has 0 aliphatic rings. The summed E-state index contributed by atoms with van der Waals surface area (Å²) in [5, 5.41) is 3.49. The van der Waals surface area contributed by atoms with Gasteiger partial charge in [-0.05, 0) is 41.0 Å². The quantitative estimate of drug-likeness (QED) is 0.693. The van der Waals surface area contributed by atoms with Crippen LogP contribution in [0.1, 0.15) is 42.5 Å². The molecule has 0 atom stereocenters. The molecule has 0 aliphatic carbocycles. The van der Waals surface area contributed by atoms with Crippen LogP contribution in [0.5, 0.6) is 0 Å². The van der Waals surface area contributed by atoms with Crippen LogP contribution in [0.3, 0.4) is 0 Å². The number of benzene rings is 2. The second-order valence-corrected chi connectivity index (χ2v) is 6.91. The second-order valence-electron chi connectivity index (χ2n) is 6.91. The summed E-state index contributed by atoms with van der Waals surface area (Å²) in [4.78, 5) is 11.2. The molecule has 0 bridgehead atoms. The number of carbonyl (C=O) groups excluding carboxylic acids is 1. The molecule has 0 fully saturated rings. The van der Waals surface area contributed by atoms with E-state index in [1.54, 1.807) is 0 Å². The fourth-order valence-electron chi connectivity index (χ4n) is 2.86. The van der Waals surface area contributed by atoms with E-state index in [1.165, 1.54) is 29.4 Å². The average molecular weight is 339 g/mol. The highest BCUT2D eigenvalue weighted by molar-refractivity contribution is 5.69. The minimum Gasteiger partial charge on any atom is -0.469 e. The van der Waals surface area contributed by atoms with Crippen LogP contribution in [0, 0.1) is 5.92 Å². The molecular formula is C22H29NO2. The maximum atomic E-state index is 11.2. The van der Waals surface area contributed by atoms with Gasteiger partial charge in [0.15, 0.2) is 0 Å². The van der Waals surface area contributed by atoms with Crippen LogP contribution in [0.4, 0.5) is 0 Å². The molecular weight excluding hydrogens is 310 g/mol. The molecule has 0 heterocycles. The van der Waals surface area contributed by atoms with Gasteiger partial charge in [-0.15, -0.1) is 0 Å². The Morgan fingerprint density at radius 2 is 1.60 bits per heavy atom. The van der Waals surface area contributed by atoms with E-state index < -0.39 is 0 Å². The van der Waals surface area contributed by atoms with Crippen LogP contribution in [0.25, 0.3) is 0 Å². The van der Waals surface area contributed by atoms with Crippen LogP contribution in [-0.2, 0) is 35.5 Å². The van der Waals surface area contributed by atoms with Crippen molar-refractivity contribution < 1.29 is 9.53 Å². The molecule has 0 radical (unpaired) electrons. The fourth-order valence-corrected chi connectivity index (χ4v) is 2.86. The Morgan fingerprint density at radius 1 is 0.960 bits per heavy atom. The van der Waals surface area contributed by atoms with E-state index >= 15 is 0 Å². The number of aryl methyl sites for hydroxylation is 1. The van der Waals surface area contributed by atoms with Crippen LogP contribution in [0.2, 0.25) is 0 Å². The molecule has 2 rings (SSSR count). The monoisotopic (exact) mass is 339 g/mol. The average Bonchev–Trinajstić information content (AvgIpc) is 2.61. The molecule has 3 heteroatoms. The van der Waals surface area contributed by atoms with E-state index in [-0.39, 0.29) is 5.97 Å². The zero-order valence-corrected chi connectivity index (χ0v) is 15.5. The number of hydrogen-bond donors (Lipinski definition) is 1. The van der Waals surface area contributed by atoms with Crippen LogP contribution < -0.4 is 5.32 Å². The minimum atomic E-state index is -0.163. The van der Waals surface area contributed by atoms with Gasteiger partial charge in [-0.1, -0.05) is 62.4 Å². The van der Waals surface area contributed by atoms with Crippen LogP contribution >= 0.6 is 0 Å². The number of esters is 1. The van der Waals surface area contributed by atoms with Gasteiger partial charge in [0.1, 0.15) is 0 Å². The van der Waals surface area contributed by atoms with Gasteiger partial charge in [0.25, 0.3) is 0 Å². The molecule has 0 saturated heterocycles. The first-order chi connectivity index (χ1) is 12.1. The Hall–Kier alpha value is -2.13. The number of carbonyl (C=O) groups is 1. The lowest BCUT2D eigenvalue weighted by molar-refractivity contribution is -0.140. The van der Waals surface area contributed by atoms with E-state index in [4.69, 9.17) is 4.74 Å². The summed E-state index contributed by atoms with van der Waals surface area (Å²) in [5.41, 5.74) is 5.10. The maximum Gasteiger partial charge on any atom is 0.305 e. The zero-order chi connectivity index (χ0) is 18.1. The highest BCUT2D eigenvalue weighted by Gasteiger charge is 2.03. The minimum absolute atomic E-state index is 0.163. The molecule has 1 N–H and O–H groups in total. The molecule has 0 unspecified atom stereocenters. The molecule has 0 aliphatic heterocycles. The van der Waals surface area contributed by atoms with E-state index in [0.717, 1.165) is 25.9 Å². The molecule has 3 nitrogen and oxygen atoms in total. The van der Waals surface area contributed by atoms with Gasteiger partial charge in [-0.2, -0.15) is 0 Å². The summed E-state index contributed by atoms with van der Waals surface area (Å²) >= 11 is 0. The summed E-state index contributed by atoms with van der Waals surface area (Å²) in [5.74, 6) is 0.528. The first-order valence-electron chi connectivity index (χ1n) is 9.00. The fraction of sp³-hybridized carbons (Fsp3) is 0.409. The van der Waals surface area contributed by atoms with Gasteiger partial charge in [-0.3, -0.25) is 4.79 Å². The van der Waals surface area contributed by atoms with Gasteiger partial charge in [0, 0.05) is 19.5 Å². The van der Waals surface area contributed by atoms with Crippen molar-refractivity contribution in [3.8, 4) is 0 Å². The van der Waals surface area contributed by atoms with Crippen molar-refractivity contribution in [2.45, 2.75) is 46.2 Å². The first kappa shape index (κ1) is 19.2. The number of hydrogen-bond acceptors (Lipinski definition) is 3. The third-order valence-corrected chi connectivity index (χ3v) is 4.16. The molecule has 0 amide bonds. The van der Waals surface area contributed by atoms with Crippen LogP contribution in [0.15, 0.2) is 48.5 Å². The predicted octanol–water partition coefficient (Wildman–Crippen LogP) is 4.28. The topological polar surface area (TPSA) is 38.3 Å². The van der Waals surface area contributed by atoms with Crippen LogP contribution in [-0.4, -0.2) is 13.1 Å². The first-order valence-corrected chi connectivity index (χ1v) is 9.00. The summed E-state index contributed by atoms with van der Waals surface area (Å²) in [6.07, 6.45) is 2.28. The van der Waals surface area contributed by atoms with Gasteiger partial charge in [0.2, 0.25) is 0 Å². The highest BCUT2D eigenvalue weighted by Crippen LogP contribution is 2.11. The molecule has 2 aromatic carbocycles. The Morgan fingerprint density at radius 3 is 2.28 bits per heavy atom. The molecule has 0 aromatic heterocycles. The number of ether oxygens (including phenoxy) is 1. The van der Waals surface area contributed by atoms with Crippen molar-refractivity contribution in [1.82, 2.24) is 5.32 Å². The van der Waals surface area contributed by atoms with Crippen molar-refractivity contribution in [3.63, 3.8) is 0 Å². The maximum absolute atomic E-state index is 11.2. The van der Waals surface area contributed by atoms with E-state index in [2.05, 4.69) is 61.6 Å². The Labute approximate surface area is 151 Å². The molecule has 2 aromatic rings. The Bertz CT molecular complexity index is 662. The lowest BCUT2D eigenvalue weighted by atomic mass is 10.0. The molecule has 25 heavy (non-hydrogen) atoms. The molecule has 0 spiro atoms. The number of methoxy groups -OCH3 is 1. The summed E-state index contributed by atoms with van der Waals surface area (Å²) < 4.78 is 4.69. The summed E-state index contributed by atoms with van der Waals surface area (Å²) in [6, 6.07) is 17.2. The highest BCUT2D eigenvalue weighted by atomic mass is 16.5. The second kappa shape index (κ2) is 10.00. The summed E-state index contributed by atoms with van der Waals surface area (Å²) in [7, 11) is 1.43. The van der Waals surface area contributed by atoms with Gasteiger partial charge >= 0.3 is 5.97 Å². The molecule has 134 valence electrons. The van der Waals surface area contributed by atoms with Crippen molar-refractivity contribution in [1.29, 1.82) is 0 Å². The van der Waals surface area contributed by atoms with Crippen molar-refractivity contribution in [3.05, 3.63) is 70.8 Å². The lowest BCUT2D eigenvalue weighted by Crippen LogP contribution is -2.13. The smallest absolute Gasteiger partial charge is 0.305 e. The van der Waals surface area contributed by atoms with Gasteiger partial charge in [0.05, 0.1) is 7.11 Å². The number of rotatable bonds is 9. The normalized spacial score (nSPS) is 10.9. The predicted molar refractivity (Wildman–Crippen MR) is 102 cm³/mol. The third kappa shape index (κ3) is 7.10. The van der Waals surface area contributed by atoms with Crippen molar-refractivity contribution >= 4 is 5.97 Å². The van der Waals surface area contributed by atoms with Gasteiger partial charge in [-0.25, -0.2) is 0 Å². The summed E-state index contributed by atoms with van der Waals surface area (Å²) in [6.45, 7) is 6.16. The third-order valence-electron chi connectivity index (χ3n) is 4.16. The molecule has 0 saturated carbocycles.